The molecule has 0 aliphatic carbocycles. The minimum absolute atomic E-state index is 0.655. The number of hydrogen-bond acceptors (Lipinski definition) is 2. The lowest BCUT2D eigenvalue weighted by atomic mass is 10.2. The molecule has 2 nitrogen and oxygen atoms in total. The highest BCUT2D eigenvalue weighted by Gasteiger charge is 1.89. The van der Waals surface area contributed by atoms with Gasteiger partial charge in [0.05, 0.1) is 0 Å². The number of unbranched alkanes of at least 4 members (excludes halogenated alkanes) is 1. The van der Waals surface area contributed by atoms with Crippen LogP contribution in [0.2, 0.25) is 0 Å². The zero-order valence-electron chi connectivity index (χ0n) is 7.70. The van der Waals surface area contributed by atoms with E-state index in [2.05, 4.69) is 17.4 Å². The fraction of sp³-hybridized carbons (Fsp3) is 0.364. The summed E-state index contributed by atoms with van der Waals surface area (Å²) in [6.07, 6.45) is 2.54. The monoisotopic (exact) mass is 177 g/mol. The van der Waals surface area contributed by atoms with Crippen LogP contribution in [-0.4, -0.2) is 12.8 Å². The zero-order chi connectivity index (χ0) is 9.36. The van der Waals surface area contributed by atoms with Gasteiger partial charge in [-0.2, -0.15) is 0 Å². The molecule has 1 rings (SSSR count). The van der Waals surface area contributed by atoms with E-state index in [4.69, 9.17) is 0 Å². The van der Waals surface area contributed by atoms with Gasteiger partial charge in [-0.15, -0.1) is 0 Å². The van der Waals surface area contributed by atoms with Gasteiger partial charge in [0, 0.05) is 13.0 Å². The lowest BCUT2D eigenvalue weighted by molar-refractivity contribution is -0.107. The summed E-state index contributed by atoms with van der Waals surface area (Å²) in [6, 6.07) is 10.3. The summed E-state index contributed by atoms with van der Waals surface area (Å²) >= 11 is 0. The molecule has 0 spiro atoms. The van der Waals surface area contributed by atoms with Gasteiger partial charge in [0.25, 0.3) is 0 Å². The molecule has 0 saturated heterocycles. The van der Waals surface area contributed by atoms with Crippen molar-refractivity contribution in [2.75, 3.05) is 6.54 Å². The first-order chi connectivity index (χ1) is 6.43. The molecule has 0 bridgehead atoms. The van der Waals surface area contributed by atoms with Gasteiger partial charge in [0.1, 0.15) is 6.29 Å². The predicted octanol–water partition coefficient (Wildman–Crippen LogP) is 1.76. The highest BCUT2D eigenvalue weighted by Crippen LogP contribution is 1.96. The fourth-order valence-electron chi connectivity index (χ4n) is 1.14. The lowest BCUT2D eigenvalue weighted by Gasteiger charge is -2.02. The first-order valence-electron chi connectivity index (χ1n) is 4.62. The van der Waals surface area contributed by atoms with Crippen molar-refractivity contribution in [2.24, 2.45) is 0 Å². The first kappa shape index (κ1) is 9.93. The Morgan fingerprint density at radius 3 is 2.69 bits per heavy atom. The number of aldehydes is 1. The second-order valence-corrected chi connectivity index (χ2v) is 2.97. The third-order valence-electron chi connectivity index (χ3n) is 1.85. The van der Waals surface area contributed by atoms with Crippen LogP contribution < -0.4 is 5.32 Å². The van der Waals surface area contributed by atoms with Crippen LogP contribution in [0.15, 0.2) is 30.3 Å². The number of hydrogen-bond donors (Lipinski definition) is 1. The molecule has 0 unspecified atom stereocenters. The van der Waals surface area contributed by atoms with E-state index >= 15 is 0 Å². The maximum atomic E-state index is 10.0. The van der Waals surface area contributed by atoms with Crippen molar-refractivity contribution in [3.8, 4) is 0 Å². The Kier molecular flexibility index (Phi) is 4.87. The Labute approximate surface area is 79.0 Å². The smallest absolute Gasteiger partial charge is 0.120 e. The molecule has 1 aromatic carbocycles. The lowest BCUT2D eigenvalue weighted by Crippen LogP contribution is -2.14. The molecule has 0 saturated carbocycles. The molecule has 1 N–H and O–H groups in total. The average molecular weight is 177 g/mol. The standard InChI is InChI=1S/C11H15NO/c13-9-5-4-8-12-10-11-6-2-1-3-7-11/h1-3,6-7,9,12H,4-5,8,10H2. The highest BCUT2D eigenvalue weighted by atomic mass is 16.1. The van der Waals surface area contributed by atoms with Crippen LogP contribution in [0.4, 0.5) is 0 Å². The molecule has 2 heteroatoms. The molecule has 70 valence electrons. The Balaban J connectivity index is 2.10. The summed E-state index contributed by atoms with van der Waals surface area (Å²) in [5.74, 6) is 0. The topological polar surface area (TPSA) is 29.1 Å². The number of carbonyl (C=O) groups excluding carboxylic acids is 1. The summed E-state index contributed by atoms with van der Waals surface area (Å²) in [6.45, 7) is 1.80. The summed E-state index contributed by atoms with van der Waals surface area (Å²) in [4.78, 5) is 10.0. The predicted molar refractivity (Wildman–Crippen MR) is 53.4 cm³/mol. The van der Waals surface area contributed by atoms with Crippen molar-refractivity contribution in [1.82, 2.24) is 5.32 Å². The number of rotatable bonds is 6. The van der Waals surface area contributed by atoms with Gasteiger partial charge in [-0.1, -0.05) is 30.3 Å². The van der Waals surface area contributed by atoms with Gasteiger partial charge in [-0.25, -0.2) is 0 Å². The Hall–Kier alpha value is -1.15. The van der Waals surface area contributed by atoms with Gasteiger partial charge < -0.3 is 10.1 Å². The van der Waals surface area contributed by atoms with E-state index in [1.54, 1.807) is 0 Å². The minimum atomic E-state index is 0.655. The summed E-state index contributed by atoms with van der Waals surface area (Å²) in [5, 5.41) is 3.28. The number of carbonyl (C=O) groups is 1. The maximum absolute atomic E-state index is 10.0. The molecule has 13 heavy (non-hydrogen) atoms. The second-order valence-electron chi connectivity index (χ2n) is 2.97. The summed E-state index contributed by atoms with van der Waals surface area (Å²) in [5.41, 5.74) is 1.29. The first-order valence-corrected chi connectivity index (χ1v) is 4.62. The van der Waals surface area contributed by atoms with Gasteiger partial charge in [0.15, 0.2) is 0 Å². The van der Waals surface area contributed by atoms with Crippen LogP contribution >= 0.6 is 0 Å². The van der Waals surface area contributed by atoms with Gasteiger partial charge in [-0.3, -0.25) is 0 Å². The molecule has 0 fully saturated rings. The van der Waals surface area contributed by atoms with E-state index in [1.807, 2.05) is 18.2 Å². The van der Waals surface area contributed by atoms with E-state index in [0.29, 0.717) is 6.42 Å². The van der Waals surface area contributed by atoms with Gasteiger partial charge in [0.2, 0.25) is 0 Å². The normalized spacial score (nSPS) is 9.85. The zero-order valence-corrected chi connectivity index (χ0v) is 7.70. The van der Waals surface area contributed by atoms with Crippen LogP contribution in [0.3, 0.4) is 0 Å². The molecular weight excluding hydrogens is 162 g/mol. The molecule has 0 aromatic heterocycles. The fourth-order valence-corrected chi connectivity index (χ4v) is 1.14. The maximum Gasteiger partial charge on any atom is 0.120 e. The Morgan fingerprint density at radius 1 is 1.23 bits per heavy atom. The van der Waals surface area contributed by atoms with Crippen LogP contribution in [0.5, 0.6) is 0 Å². The number of benzene rings is 1. The molecule has 0 radical (unpaired) electrons. The molecule has 1 aromatic rings. The van der Waals surface area contributed by atoms with Crippen molar-refractivity contribution in [3.63, 3.8) is 0 Å². The summed E-state index contributed by atoms with van der Waals surface area (Å²) in [7, 11) is 0. The van der Waals surface area contributed by atoms with Crippen molar-refractivity contribution < 1.29 is 4.79 Å². The van der Waals surface area contributed by atoms with E-state index < -0.39 is 0 Å². The Bertz CT molecular complexity index is 233. The van der Waals surface area contributed by atoms with Crippen molar-refractivity contribution in [2.45, 2.75) is 19.4 Å². The molecule has 0 aliphatic heterocycles. The van der Waals surface area contributed by atoms with E-state index in [1.165, 1.54) is 5.56 Å². The van der Waals surface area contributed by atoms with Crippen LogP contribution in [0.25, 0.3) is 0 Å². The Morgan fingerprint density at radius 2 is 2.00 bits per heavy atom. The third kappa shape index (κ3) is 4.43. The van der Waals surface area contributed by atoms with Crippen LogP contribution in [0, 0.1) is 0 Å². The van der Waals surface area contributed by atoms with Crippen LogP contribution in [0.1, 0.15) is 18.4 Å². The van der Waals surface area contributed by atoms with Crippen molar-refractivity contribution >= 4 is 6.29 Å². The second kappa shape index (κ2) is 6.38. The molecule has 0 amide bonds. The quantitative estimate of drug-likeness (QED) is 0.530. The SMILES string of the molecule is O=CCCCNCc1ccccc1. The molecule has 0 atom stereocenters. The van der Waals surface area contributed by atoms with E-state index in [-0.39, 0.29) is 0 Å². The number of nitrogens with one attached hydrogen (secondary N) is 1. The van der Waals surface area contributed by atoms with E-state index in [9.17, 15) is 4.79 Å². The molecule has 0 heterocycles. The molecule has 0 aliphatic rings. The largest absolute Gasteiger partial charge is 0.313 e. The van der Waals surface area contributed by atoms with Crippen molar-refractivity contribution in [3.05, 3.63) is 35.9 Å². The van der Waals surface area contributed by atoms with E-state index in [0.717, 1.165) is 25.8 Å². The molecular formula is C11H15NO. The third-order valence-corrected chi connectivity index (χ3v) is 1.85. The highest BCUT2D eigenvalue weighted by molar-refractivity contribution is 5.48. The summed E-state index contributed by atoms with van der Waals surface area (Å²) < 4.78 is 0. The minimum Gasteiger partial charge on any atom is -0.313 e. The van der Waals surface area contributed by atoms with Gasteiger partial charge in [-0.05, 0) is 18.5 Å². The average Bonchev–Trinajstić information content (AvgIpc) is 2.19. The van der Waals surface area contributed by atoms with Gasteiger partial charge >= 0.3 is 0 Å². The van der Waals surface area contributed by atoms with Crippen molar-refractivity contribution in [1.29, 1.82) is 0 Å². The van der Waals surface area contributed by atoms with Crippen LogP contribution in [-0.2, 0) is 11.3 Å².